The molecular weight excluding hydrogens is 544 g/mol. The lowest BCUT2D eigenvalue weighted by Gasteiger charge is -2.42. The van der Waals surface area contributed by atoms with Gasteiger partial charge >= 0.3 is 7.07 Å². The van der Waals surface area contributed by atoms with E-state index in [2.05, 4.69) is 169 Å². The van der Waals surface area contributed by atoms with Gasteiger partial charge in [0.05, 0.1) is 0 Å². The molecule has 0 amide bonds. The van der Waals surface area contributed by atoms with Crippen LogP contribution in [0.5, 0.6) is 0 Å². The highest BCUT2D eigenvalue weighted by atomic mass is 35.7. The zero-order valence-electron chi connectivity index (χ0n) is 25.5. The standard InChI is InChI=1S/C18H54ClN12P4/c1-23(2)33(24(3)4,25(5)6)20-32(19,21-34(26(7)8,27(9)10)28(11)12)22-35(29(13)14,30(15)16)31(17)18/h1-18H3/q+1. The number of hydrogen-bond acceptors (Lipinski definition) is 3. The second-order valence-corrected chi connectivity index (χ2v) is 24.9. The van der Waals surface area contributed by atoms with Gasteiger partial charge in [0.15, 0.2) is 11.2 Å². The molecule has 17 heteroatoms. The molecule has 0 aromatic carbocycles. The van der Waals surface area contributed by atoms with Gasteiger partial charge < -0.3 is 0 Å². The lowest BCUT2D eigenvalue weighted by molar-refractivity contribution is 0.472. The SMILES string of the molecule is CN(C)P(=N[P+](Cl)(N=P(N(C)C)(N(C)C)N(C)C)N=P(N(C)C)(N(C)C)N(C)C)(N(C)C)N(C)C. The smallest absolute Gasteiger partial charge is 0.249 e. The molecule has 0 aliphatic rings. The van der Waals surface area contributed by atoms with Gasteiger partial charge in [-0.25, -0.2) is 42.0 Å². The summed E-state index contributed by atoms with van der Waals surface area (Å²) in [5, 5.41) is 0. The molecule has 0 saturated carbocycles. The first-order chi connectivity index (χ1) is 15.6. The molecule has 0 aromatic rings. The summed E-state index contributed by atoms with van der Waals surface area (Å²) in [6.07, 6.45) is 0. The van der Waals surface area contributed by atoms with E-state index in [1.54, 1.807) is 0 Å². The number of hydrogen-bond donors (Lipinski definition) is 0. The van der Waals surface area contributed by atoms with E-state index >= 15 is 0 Å². The van der Waals surface area contributed by atoms with E-state index in [1.807, 2.05) is 0 Å². The molecule has 0 rings (SSSR count). The Morgan fingerprint density at radius 3 is 0.543 bits per heavy atom. The second kappa shape index (κ2) is 13.4. The number of rotatable bonds is 12. The highest BCUT2D eigenvalue weighted by molar-refractivity contribution is 8.02. The largest absolute Gasteiger partial charge is 0.474 e. The van der Waals surface area contributed by atoms with Crippen molar-refractivity contribution in [3.63, 3.8) is 0 Å². The summed E-state index contributed by atoms with van der Waals surface area (Å²) in [6.45, 7) is 0. The van der Waals surface area contributed by atoms with Crippen molar-refractivity contribution in [2.24, 2.45) is 13.5 Å². The predicted octanol–water partition coefficient (Wildman–Crippen LogP) is 4.80. The fraction of sp³-hybridized carbons (Fsp3) is 1.00. The molecule has 0 N–H and O–H groups in total. The van der Waals surface area contributed by atoms with Crippen LogP contribution in [0.1, 0.15) is 0 Å². The molecule has 212 valence electrons. The van der Waals surface area contributed by atoms with E-state index in [0.29, 0.717) is 0 Å². The quantitative estimate of drug-likeness (QED) is 0.295. The molecule has 35 heavy (non-hydrogen) atoms. The van der Waals surface area contributed by atoms with Gasteiger partial charge in [-0.05, 0) is 140 Å². The summed E-state index contributed by atoms with van der Waals surface area (Å²) in [4.78, 5) is 0. The van der Waals surface area contributed by atoms with E-state index in [9.17, 15) is 0 Å². The Bertz CT molecular complexity index is 659. The lowest BCUT2D eigenvalue weighted by Crippen LogP contribution is -2.32. The molecule has 0 saturated heterocycles. The van der Waals surface area contributed by atoms with Crippen LogP contribution in [0.3, 0.4) is 0 Å². The summed E-state index contributed by atoms with van der Waals surface area (Å²) in [7, 11) is 26.5. The van der Waals surface area contributed by atoms with Gasteiger partial charge in [-0.1, -0.05) is 0 Å². The number of nitrogens with zero attached hydrogens (tertiary/aromatic N) is 12. The van der Waals surface area contributed by atoms with Crippen molar-refractivity contribution in [3.8, 4) is 0 Å². The van der Waals surface area contributed by atoms with Crippen molar-refractivity contribution in [1.82, 2.24) is 42.0 Å². The van der Waals surface area contributed by atoms with Crippen LogP contribution in [0.4, 0.5) is 0 Å². The first-order valence-electron chi connectivity index (χ1n) is 11.2. The third kappa shape index (κ3) is 7.17. The average molecular weight is 598 g/mol. The van der Waals surface area contributed by atoms with Crippen molar-refractivity contribution in [2.75, 3.05) is 127 Å². The molecule has 0 spiro atoms. The molecule has 0 radical (unpaired) electrons. The van der Waals surface area contributed by atoms with Crippen molar-refractivity contribution in [1.29, 1.82) is 0 Å². The minimum Gasteiger partial charge on any atom is -0.249 e. The molecule has 0 unspecified atom stereocenters. The minimum absolute atomic E-state index is 2.05. The van der Waals surface area contributed by atoms with Crippen LogP contribution in [0.15, 0.2) is 13.5 Å². The van der Waals surface area contributed by atoms with Gasteiger partial charge in [0.25, 0.3) is 0 Å². The van der Waals surface area contributed by atoms with Gasteiger partial charge in [0.1, 0.15) is 0 Å². The zero-order chi connectivity index (χ0) is 28.3. The molecule has 0 aliphatic heterocycles. The molecule has 0 aromatic heterocycles. The Kier molecular flexibility index (Phi) is 13.8. The zero-order valence-corrected chi connectivity index (χ0v) is 29.9. The Morgan fingerprint density at radius 2 is 0.457 bits per heavy atom. The molecule has 0 heterocycles. The van der Waals surface area contributed by atoms with E-state index < -0.39 is 29.6 Å². The predicted molar refractivity (Wildman–Crippen MR) is 164 cm³/mol. The Morgan fingerprint density at radius 1 is 0.343 bits per heavy atom. The van der Waals surface area contributed by atoms with Crippen LogP contribution in [-0.4, -0.2) is 169 Å². The fourth-order valence-electron chi connectivity index (χ4n) is 4.45. The third-order valence-electron chi connectivity index (χ3n) is 5.53. The monoisotopic (exact) mass is 597 g/mol. The first kappa shape index (κ1) is 36.0. The summed E-state index contributed by atoms with van der Waals surface area (Å²) in [5.41, 5.74) is 0. The molecule has 0 fully saturated rings. The summed E-state index contributed by atoms with van der Waals surface area (Å²) in [6, 6.07) is 0. The fourth-order valence-corrected chi connectivity index (χ4v) is 24.2. The maximum absolute atomic E-state index is 7.74. The maximum Gasteiger partial charge on any atom is 0.474 e. The van der Waals surface area contributed by atoms with E-state index in [4.69, 9.17) is 24.8 Å². The lowest BCUT2D eigenvalue weighted by atomic mass is 11.2. The van der Waals surface area contributed by atoms with Gasteiger partial charge in [0.2, 0.25) is 22.5 Å². The second-order valence-electron chi connectivity index (χ2n) is 10.00. The molecule has 12 nitrogen and oxygen atoms in total. The molecule has 0 atom stereocenters. The van der Waals surface area contributed by atoms with Crippen LogP contribution >= 0.6 is 40.8 Å². The van der Waals surface area contributed by atoms with Crippen LogP contribution < -0.4 is 0 Å². The van der Waals surface area contributed by atoms with Crippen LogP contribution in [-0.2, 0) is 0 Å². The number of halogens is 1. The Hall–Kier alpha value is 1.05. The van der Waals surface area contributed by atoms with Crippen molar-refractivity contribution in [2.45, 2.75) is 0 Å². The highest BCUT2D eigenvalue weighted by Crippen LogP contribution is 2.85. The van der Waals surface area contributed by atoms with E-state index in [0.717, 1.165) is 0 Å². The van der Waals surface area contributed by atoms with Crippen molar-refractivity contribution >= 4 is 40.8 Å². The van der Waals surface area contributed by atoms with Crippen molar-refractivity contribution in [3.05, 3.63) is 0 Å². The first-order valence-corrected chi connectivity index (χ1v) is 18.6. The van der Waals surface area contributed by atoms with Gasteiger partial charge in [-0.2, -0.15) is 0 Å². The summed E-state index contributed by atoms with van der Waals surface area (Å²) >= 11 is 7.74. The summed E-state index contributed by atoms with van der Waals surface area (Å²) in [5.74, 6) is 0. The van der Waals surface area contributed by atoms with Crippen molar-refractivity contribution < 1.29 is 0 Å². The molecule has 0 bridgehead atoms. The van der Waals surface area contributed by atoms with E-state index in [-0.39, 0.29) is 0 Å². The highest BCUT2D eigenvalue weighted by Gasteiger charge is 2.52. The Balaban J connectivity index is 8.48. The third-order valence-corrected chi connectivity index (χ3v) is 22.6. The van der Waals surface area contributed by atoms with Crippen LogP contribution in [0.25, 0.3) is 0 Å². The normalized spacial score (nSPS) is 14.7. The topological polar surface area (TPSA) is 66.2 Å². The van der Waals surface area contributed by atoms with Crippen LogP contribution in [0.2, 0.25) is 0 Å². The minimum atomic E-state index is -3.20. The Labute approximate surface area is 223 Å². The maximum atomic E-state index is 7.74. The van der Waals surface area contributed by atoms with Gasteiger partial charge in [-0.15, -0.1) is 0 Å². The molecular formula is C18H54ClN12P4+. The summed E-state index contributed by atoms with van der Waals surface area (Å²) < 4.78 is 36.1. The average Bonchev–Trinajstić information content (AvgIpc) is 2.66. The van der Waals surface area contributed by atoms with Gasteiger partial charge in [0, 0.05) is 0 Å². The van der Waals surface area contributed by atoms with Crippen LogP contribution in [0, 0.1) is 0 Å². The van der Waals surface area contributed by atoms with Gasteiger partial charge in [-0.3, -0.25) is 0 Å². The van der Waals surface area contributed by atoms with E-state index in [1.165, 1.54) is 0 Å². The molecule has 0 aliphatic carbocycles.